The van der Waals surface area contributed by atoms with Gasteiger partial charge in [0.15, 0.2) is 12.0 Å². The van der Waals surface area contributed by atoms with Crippen molar-refractivity contribution in [1.82, 2.24) is 5.32 Å². The minimum Gasteiger partial charge on any atom is -0.462 e. The van der Waals surface area contributed by atoms with Crippen LogP contribution in [0.4, 0.5) is 0 Å². The molecule has 1 unspecified atom stereocenters. The van der Waals surface area contributed by atoms with E-state index in [1.54, 1.807) is 0 Å². The molecule has 0 aromatic rings. The zero-order valence-corrected chi connectivity index (χ0v) is 11.4. The van der Waals surface area contributed by atoms with E-state index in [2.05, 4.69) is 48.8 Å². The van der Waals surface area contributed by atoms with Gasteiger partial charge in [-0.1, -0.05) is 19.1 Å². The van der Waals surface area contributed by atoms with Gasteiger partial charge in [0.25, 0.3) is 0 Å². The van der Waals surface area contributed by atoms with E-state index >= 15 is 0 Å². The first kappa shape index (κ1) is 12.5. The third kappa shape index (κ3) is 2.31. The van der Waals surface area contributed by atoms with Gasteiger partial charge in [0.2, 0.25) is 0 Å². The molecular weight excluding hydrogens is 236 g/mol. The summed E-state index contributed by atoms with van der Waals surface area (Å²) in [6.07, 6.45) is 17.3. The Morgan fingerprint density at radius 1 is 1.26 bits per heavy atom. The number of allylic oxidation sites excluding steroid dienone is 6. The largest absolute Gasteiger partial charge is 0.462 e. The summed E-state index contributed by atoms with van der Waals surface area (Å²) in [7, 11) is 0. The van der Waals surface area contributed by atoms with E-state index in [-0.39, 0.29) is 0 Å². The molecule has 0 saturated carbocycles. The quantitative estimate of drug-likeness (QED) is 0.785. The molecule has 1 N–H and O–H groups in total. The number of nitrogens with one attached hydrogen (secondary N) is 1. The Kier molecular flexibility index (Phi) is 3.40. The monoisotopic (exact) mass is 257 g/mol. The summed E-state index contributed by atoms with van der Waals surface area (Å²) < 4.78 is 6.73. The van der Waals surface area contributed by atoms with E-state index in [0.29, 0.717) is 0 Å². The fraction of sp³-hybridized carbons (Fsp3) is 0.375. The molecule has 3 rings (SSSR count). The maximum atomic E-state index is 5.93. The van der Waals surface area contributed by atoms with Crippen LogP contribution in [0.5, 0.6) is 0 Å². The predicted octanol–water partition coefficient (Wildman–Crippen LogP) is 2.93. The van der Waals surface area contributed by atoms with Crippen molar-refractivity contribution >= 4 is 0 Å². The highest BCUT2D eigenvalue weighted by Gasteiger charge is 2.33. The second kappa shape index (κ2) is 5.19. The summed E-state index contributed by atoms with van der Waals surface area (Å²) in [5.74, 6) is 1.09. The number of ether oxygens (including phenoxy) is 1. The van der Waals surface area contributed by atoms with Crippen LogP contribution < -0.4 is 5.32 Å². The average Bonchev–Trinajstić information content (AvgIpc) is 2.82. The molecule has 100 valence electrons. The van der Waals surface area contributed by atoms with Gasteiger partial charge in [-0.2, -0.15) is 0 Å². The van der Waals surface area contributed by atoms with E-state index in [1.165, 1.54) is 11.3 Å². The first-order valence-corrected chi connectivity index (χ1v) is 7.04. The Labute approximate surface area is 114 Å². The molecule has 3 aliphatic rings. The lowest BCUT2D eigenvalue weighted by atomic mass is 10.0. The summed E-state index contributed by atoms with van der Waals surface area (Å²) in [6.45, 7) is 5.02. The molecule has 0 saturated heterocycles. The van der Waals surface area contributed by atoms with Crippen LogP contribution in [0.2, 0.25) is 0 Å². The van der Waals surface area contributed by atoms with Crippen LogP contribution in [0.15, 0.2) is 59.9 Å². The van der Waals surface area contributed by atoms with Crippen molar-refractivity contribution in [2.45, 2.75) is 19.8 Å². The van der Waals surface area contributed by atoms with Gasteiger partial charge >= 0.3 is 0 Å². The first-order valence-electron chi connectivity index (χ1n) is 7.04. The lowest BCUT2D eigenvalue weighted by Gasteiger charge is -2.32. The Hall–Kier alpha value is -1.58. The topological polar surface area (TPSA) is 21.3 Å². The number of quaternary nitrogens is 1. The van der Waals surface area contributed by atoms with Crippen molar-refractivity contribution in [2.75, 3.05) is 19.8 Å². The Morgan fingerprint density at radius 3 is 3.11 bits per heavy atom. The van der Waals surface area contributed by atoms with Gasteiger partial charge in [-0.25, -0.2) is 4.48 Å². The van der Waals surface area contributed by atoms with Crippen molar-refractivity contribution in [1.29, 1.82) is 0 Å². The van der Waals surface area contributed by atoms with Crippen LogP contribution in [-0.4, -0.2) is 24.2 Å². The zero-order chi connectivity index (χ0) is 13.1. The van der Waals surface area contributed by atoms with Crippen LogP contribution >= 0.6 is 0 Å². The molecule has 3 heteroatoms. The van der Waals surface area contributed by atoms with Crippen LogP contribution in [0.3, 0.4) is 0 Å². The Bertz CT molecular complexity index is 511. The summed E-state index contributed by atoms with van der Waals surface area (Å²) >= 11 is 0. The highest BCUT2D eigenvalue weighted by Crippen LogP contribution is 2.31. The summed E-state index contributed by atoms with van der Waals surface area (Å²) in [5, 5.41) is 3.45. The fourth-order valence-corrected chi connectivity index (χ4v) is 2.72. The number of hydrogen-bond acceptors (Lipinski definition) is 2. The zero-order valence-electron chi connectivity index (χ0n) is 11.4. The van der Waals surface area contributed by atoms with Crippen LogP contribution in [0.25, 0.3) is 0 Å². The third-order valence-electron chi connectivity index (χ3n) is 3.90. The third-order valence-corrected chi connectivity index (χ3v) is 3.90. The molecule has 0 bridgehead atoms. The molecule has 0 fully saturated rings. The van der Waals surface area contributed by atoms with Gasteiger partial charge in [-0.3, -0.25) is 5.32 Å². The molecular formula is C16H21N2O+. The van der Waals surface area contributed by atoms with Crippen molar-refractivity contribution < 1.29 is 9.22 Å². The molecule has 0 amide bonds. The van der Waals surface area contributed by atoms with Crippen molar-refractivity contribution in [3.8, 4) is 0 Å². The molecule has 0 aromatic heterocycles. The van der Waals surface area contributed by atoms with E-state index in [1.807, 2.05) is 6.26 Å². The first-order chi connectivity index (χ1) is 9.34. The average molecular weight is 257 g/mol. The summed E-state index contributed by atoms with van der Waals surface area (Å²) in [5.41, 5.74) is 2.43. The van der Waals surface area contributed by atoms with Crippen molar-refractivity contribution in [3.63, 3.8) is 0 Å². The molecule has 1 aliphatic carbocycles. The fourth-order valence-electron chi connectivity index (χ4n) is 2.72. The molecule has 2 heterocycles. The predicted molar refractivity (Wildman–Crippen MR) is 76.5 cm³/mol. The van der Waals surface area contributed by atoms with Gasteiger partial charge in [0.05, 0.1) is 0 Å². The lowest BCUT2D eigenvalue weighted by Crippen LogP contribution is -2.46. The molecule has 3 nitrogen and oxygen atoms in total. The molecule has 2 aliphatic heterocycles. The van der Waals surface area contributed by atoms with Gasteiger partial charge in [0.1, 0.15) is 25.2 Å². The second-order valence-electron chi connectivity index (χ2n) is 5.18. The van der Waals surface area contributed by atoms with E-state index < -0.39 is 0 Å². The highest BCUT2D eigenvalue weighted by molar-refractivity contribution is 5.37. The molecule has 19 heavy (non-hydrogen) atoms. The van der Waals surface area contributed by atoms with E-state index in [0.717, 1.165) is 42.8 Å². The second-order valence-corrected chi connectivity index (χ2v) is 5.18. The molecule has 0 radical (unpaired) electrons. The van der Waals surface area contributed by atoms with Gasteiger partial charge < -0.3 is 4.74 Å². The Balaban J connectivity index is 1.94. The number of rotatable bonds is 3. The number of nitrogens with zero attached hydrogens (tertiary/aromatic N) is 1. The van der Waals surface area contributed by atoms with Crippen LogP contribution in [0, 0.1) is 0 Å². The minimum absolute atomic E-state index is 0.804. The minimum atomic E-state index is 0.804. The van der Waals surface area contributed by atoms with Crippen molar-refractivity contribution in [3.05, 3.63) is 59.9 Å². The number of hydrogen-bond donors (Lipinski definition) is 1. The summed E-state index contributed by atoms with van der Waals surface area (Å²) in [6, 6.07) is 0. The standard InChI is InChI=1S/C16H21N2O/c1-2-17-13-18-10-5-7-15(18)12-19-16-8-4-3-6-14(16)9-11-18/h3,5-7,9,11-12,17H,2,4,8,10,13H2,1H3/q+1/b11-9-,15-12?. The van der Waals surface area contributed by atoms with E-state index in [9.17, 15) is 0 Å². The highest BCUT2D eigenvalue weighted by atomic mass is 16.5. The maximum Gasteiger partial charge on any atom is 0.174 e. The molecule has 0 aromatic carbocycles. The molecule has 0 spiro atoms. The van der Waals surface area contributed by atoms with Crippen LogP contribution in [-0.2, 0) is 4.74 Å². The van der Waals surface area contributed by atoms with Gasteiger partial charge in [0, 0.05) is 24.1 Å². The lowest BCUT2D eigenvalue weighted by molar-refractivity contribution is -0.831. The van der Waals surface area contributed by atoms with Crippen LogP contribution in [0.1, 0.15) is 19.8 Å². The van der Waals surface area contributed by atoms with Crippen molar-refractivity contribution in [2.24, 2.45) is 0 Å². The van der Waals surface area contributed by atoms with Gasteiger partial charge in [-0.15, -0.1) is 0 Å². The maximum absolute atomic E-state index is 5.93. The number of fused-ring (bicyclic) bond motifs is 1. The SMILES string of the molecule is CCNC[N+]12/C=C\C3=C(CCC=C3)OC=C1C=CC2. The normalized spacial score (nSPS) is 30.1. The smallest absolute Gasteiger partial charge is 0.174 e. The molecule has 1 atom stereocenters. The van der Waals surface area contributed by atoms with E-state index in [4.69, 9.17) is 4.74 Å². The summed E-state index contributed by atoms with van der Waals surface area (Å²) in [4.78, 5) is 0. The Morgan fingerprint density at radius 2 is 2.21 bits per heavy atom. The van der Waals surface area contributed by atoms with Gasteiger partial charge in [-0.05, 0) is 19.0 Å².